The molecule has 0 heteroatoms. The lowest BCUT2D eigenvalue weighted by atomic mass is 10.0. The van der Waals surface area contributed by atoms with Gasteiger partial charge in [0.2, 0.25) is 0 Å². The summed E-state index contributed by atoms with van der Waals surface area (Å²) in [4.78, 5) is 0. The molecule has 0 nitrogen and oxygen atoms in total. The van der Waals surface area contributed by atoms with E-state index in [0.29, 0.717) is 0 Å². The Morgan fingerprint density at radius 2 is 1.19 bits per heavy atom. The van der Waals surface area contributed by atoms with Crippen LogP contribution in [0.25, 0.3) is 0 Å². The highest BCUT2D eigenvalue weighted by atomic mass is 14.0. The Kier molecular flexibility index (Phi) is 9.51. The molecule has 0 aliphatic heterocycles. The first-order valence-corrected chi connectivity index (χ1v) is 9.85. The zero-order valence-corrected chi connectivity index (χ0v) is 17.8. The van der Waals surface area contributed by atoms with Gasteiger partial charge in [-0.3, -0.25) is 0 Å². The predicted octanol–water partition coefficient (Wildman–Crippen LogP) is 6.78. The fourth-order valence-electron chi connectivity index (χ4n) is 2.53. The van der Waals surface area contributed by atoms with Gasteiger partial charge in [-0.15, -0.1) is 0 Å². The summed E-state index contributed by atoms with van der Waals surface area (Å²) in [6.45, 7) is 13.2. The summed E-state index contributed by atoms with van der Waals surface area (Å²) < 4.78 is 0. The van der Waals surface area contributed by atoms with Crippen LogP contribution in [0.5, 0.6) is 0 Å². The maximum atomic E-state index is 3.79. The molecule has 0 aromatic heterocycles. The first-order chi connectivity index (χ1) is 15.2. The summed E-state index contributed by atoms with van der Waals surface area (Å²) in [5, 5.41) is 0. The Morgan fingerprint density at radius 3 is 1.74 bits per heavy atom. The molecule has 0 unspecified atom stereocenters. The fraction of sp³-hybridized carbons (Fsp3) is 0.0323. The van der Waals surface area contributed by atoms with Gasteiger partial charge in [0.15, 0.2) is 0 Å². The van der Waals surface area contributed by atoms with Crippen LogP contribution in [0.3, 0.4) is 0 Å². The van der Waals surface area contributed by atoms with Crippen molar-refractivity contribution in [2.75, 3.05) is 0 Å². The van der Waals surface area contributed by atoms with E-state index in [1.54, 1.807) is 18.2 Å². The lowest BCUT2D eigenvalue weighted by molar-refractivity contribution is 1.55. The van der Waals surface area contributed by atoms with Crippen molar-refractivity contribution in [3.63, 3.8) is 0 Å². The molecule has 0 fully saturated rings. The average molecular weight is 397 g/mol. The van der Waals surface area contributed by atoms with E-state index in [2.05, 4.69) is 55.3 Å². The van der Waals surface area contributed by atoms with E-state index in [1.807, 2.05) is 79.8 Å². The van der Waals surface area contributed by atoms with Gasteiger partial charge in [0.1, 0.15) is 0 Å². The maximum Gasteiger partial charge on any atom is 0.0273 e. The SMILES string of the molecule is C=C/C=C(/C#Cc1cc(C#CC(/C=C\C)=C/C=C)cc(C#Cc2ccccc2)c1)C=C. The molecule has 0 amide bonds. The van der Waals surface area contributed by atoms with E-state index in [1.165, 1.54) is 0 Å². The molecule has 0 bridgehead atoms. The Bertz CT molecular complexity index is 1230. The number of hydrogen-bond donors (Lipinski definition) is 0. The lowest BCUT2D eigenvalue weighted by Crippen LogP contribution is -1.85. The molecule has 0 spiro atoms. The van der Waals surface area contributed by atoms with E-state index in [4.69, 9.17) is 0 Å². The molecule has 0 saturated heterocycles. The van der Waals surface area contributed by atoms with Gasteiger partial charge in [0, 0.05) is 33.4 Å². The van der Waals surface area contributed by atoms with E-state index in [-0.39, 0.29) is 0 Å². The third kappa shape index (κ3) is 8.21. The largest absolute Gasteiger partial charge is 0.0990 e. The van der Waals surface area contributed by atoms with Gasteiger partial charge in [-0.2, -0.15) is 0 Å². The van der Waals surface area contributed by atoms with Crippen molar-refractivity contribution in [3.05, 3.63) is 144 Å². The molecule has 0 N–H and O–H groups in total. The van der Waals surface area contributed by atoms with Gasteiger partial charge in [-0.25, -0.2) is 0 Å². The summed E-state index contributed by atoms with van der Waals surface area (Å²) in [7, 11) is 0. The molecule has 2 aromatic carbocycles. The molecular formula is C31H24. The monoisotopic (exact) mass is 396 g/mol. The molecule has 31 heavy (non-hydrogen) atoms. The van der Waals surface area contributed by atoms with Crippen molar-refractivity contribution in [2.45, 2.75) is 6.92 Å². The Morgan fingerprint density at radius 1 is 0.677 bits per heavy atom. The lowest BCUT2D eigenvalue weighted by Gasteiger charge is -1.98. The summed E-state index contributed by atoms with van der Waals surface area (Å²) in [6, 6.07) is 15.8. The van der Waals surface area contributed by atoms with Gasteiger partial charge < -0.3 is 0 Å². The number of allylic oxidation sites excluding steroid dienone is 9. The molecule has 148 valence electrons. The Labute approximate surface area is 186 Å². The van der Waals surface area contributed by atoms with Crippen LogP contribution in [-0.2, 0) is 0 Å². The molecule has 0 radical (unpaired) electrons. The predicted molar refractivity (Wildman–Crippen MR) is 134 cm³/mol. The first-order valence-electron chi connectivity index (χ1n) is 9.85. The number of rotatable bonds is 4. The van der Waals surface area contributed by atoms with Gasteiger partial charge >= 0.3 is 0 Å². The summed E-state index contributed by atoms with van der Waals surface area (Å²) in [5.74, 6) is 19.1. The molecule has 0 aliphatic carbocycles. The molecule has 2 aromatic rings. The minimum absolute atomic E-state index is 0.799. The zero-order valence-electron chi connectivity index (χ0n) is 17.8. The topological polar surface area (TPSA) is 0 Å². The quantitative estimate of drug-likeness (QED) is 0.395. The van der Waals surface area contributed by atoms with Crippen LogP contribution < -0.4 is 0 Å². The van der Waals surface area contributed by atoms with E-state index in [9.17, 15) is 0 Å². The van der Waals surface area contributed by atoms with Crippen LogP contribution in [-0.4, -0.2) is 0 Å². The van der Waals surface area contributed by atoms with Crippen molar-refractivity contribution >= 4 is 0 Å². The number of benzene rings is 2. The van der Waals surface area contributed by atoms with E-state index in [0.717, 1.165) is 33.4 Å². The zero-order chi connectivity index (χ0) is 22.3. The Hall–Kier alpha value is -4.44. The Balaban J connectivity index is 2.54. The highest BCUT2D eigenvalue weighted by Gasteiger charge is 1.97. The highest BCUT2D eigenvalue weighted by Crippen LogP contribution is 2.10. The minimum Gasteiger partial charge on any atom is -0.0990 e. The fourth-order valence-corrected chi connectivity index (χ4v) is 2.53. The van der Waals surface area contributed by atoms with E-state index >= 15 is 0 Å². The van der Waals surface area contributed by atoms with Crippen LogP contribution in [0.1, 0.15) is 29.2 Å². The van der Waals surface area contributed by atoms with Gasteiger partial charge in [0.05, 0.1) is 0 Å². The average Bonchev–Trinajstić information content (AvgIpc) is 2.80. The van der Waals surface area contributed by atoms with Gasteiger partial charge in [0.25, 0.3) is 0 Å². The summed E-state index contributed by atoms with van der Waals surface area (Å²) in [6.07, 6.45) is 12.7. The van der Waals surface area contributed by atoms with Crippen LogP contribution >= 0.6 is 0 Å². The second-order valence-electron chi connectivity index (χ2n) is 6.33. The van der Waals surface area contributed by atoms with Crippen molar-refractivity contribution < 1.29 is 0 Å². The smallest absolute Gasteiger partial charge is 0.0273 e. The number of hydrogen-bond acceptors (Lipinski definition) is 0. The van der Waals surface area contributed by atoms with Crippen molar-refractivity contribution in [1.82, 2.24) is 0 Å². The highest BCUT2D eigenvalue weighted by molar-refractivity contribution is 5.56. The first kappa shape index (κ1) is 22.8. The molecule has 0 saturated carbocycles. The second kappa shape index (κ2) is 12.9. The summed E-state index contributed by atoms with van der Waals surface area (Å²) >= 11 is 0. The molecule has 0 heterocycles. The van der Waals surface area contributed by atoms with Crippen LogP contribution in [0.4, 0.5) is 0 Å². The van der Waals surface area contributed by atoms with Crippen LogP contribution in [0.2, 0.25) is 0 Å². The third-order valence-corrected chi connectivity index (χ3v) is 3.92. The normalized spacial score (nSPS) is 10.6. The van der Waals surface area contributed by atoms with Gasteiger partial charge in [-0.05, 0) is 49.4 Å². The van der Waals surface area contributed by atoms with Crippen molar-refractivity contribution in [1.29, 1.82) is 0 Å². The summed E-state index contributed by atoms with van der Waals surface area (Å²) in [5.41, 5.74) is 5.17. The van der Waals surface area contributed by atoms with E-state index < -0.39 is 0 Å². The molecule has 0 atom stereocenters. The minimum atomic E-state index is 0.799. The van der Waals surface area contributed by atoms with Crippen LogP contribution in [0, 0.1) is 35.5 Å². The van der Waals surface area contributed by atoms with Crippen LogP contribution in [0.15, 0.2) is 122 Å². The van der Waals surface area contributed by atoms with Gasteiger partial charge in [-0.1, -0.05) is 104 Å². The second-order valence-corrected chi connectivity index (χ2v) is 6.33. The molecule has 0 aliphatic rings. The van der Waals surface area contributed by atoms with Crippen molar-refractivity contribution in [3.8, 4) is 35.5 Å². The molecule has 2 rings (SSSR count). The standard InChI is InChI=1S/C31H24/c1-5-12-26(8-4)17-20-29-23-30(21-18-27(13-6-2)14-7-3)25-31(24-29)22-19-28-15-10-9-11-16-28/h5-16,23-25H,1-2,4H2,3H3/b14-7-,26-12+,27-13+. The van der Waals surface area contributed by atoms with Crippen molar-refractivity contribution in [2.24, 2.45) is 0 Å². The molecular weight excluding hydrogens is 372 g/mol. The third-order valence-electron chi connectivity index (χ3n) is 3.92. The maximum absolute atomic E-state index is 3.79.